The van der Waals surface area contributed by atoms with Crippen LogP contribution in [-0.2, 0) is 24.4 Å². The number of sulfonamides is 1. The molecule has 1 unspecified atom stereocenters. The van der Waals surface area contributed by atoms with E-state index in [2.05, 4.69) is 10.0 Å². The van der Waals surface area contributed by atoms with Crippen molar-refractivity contribution >= 4 is 56.0 Å². The van der Waals surface area contributed by atoms with Crippen LogP contribution >= 0.6 is 11.8 Å². The number of amides is 2. The third-order valence-electron chi connectivity index (χ3n) is 7.27. The van der Waals surface area contributed by atoms with Gasteiger partial charge in [0, 0.05) is 35.3 Å². The summed E-state index contributed by atoms with van der Waals surface area (Å²) in [5.41, 5.74) is 1.24. The molecule has 210 valence electrons. The molecule has 0 radical (unpaired) electrons. The molecule has 40 heavy (non-hydrogen) atoms. The van der Waals surface area contributed by atoms with E-state index in [0.717, 1.165) is 11.1 Å². The predicted molar refractivity (Wildman–Crippen MR) is 153 cm³/mol. The number of hydrogen-bond acceptors (Lipinski definition) is 7. The SMILES string of the molecule is CN(C)c1cccc2c(S(=O)(=O)NC(C(=O)N[C@@H]3C(=O)N4[C@@H]3SC(C)(C)[C@@H]4C(=O)O)c3ccccc3)cccc12. The summed E-state index contributed by atoms with van der Waals surface area (Å²) in [7, 11) is -0.483. The third-order valence-corrected chi connectivity index (χ3v) is 10.3. The number of carbonyl (C=O) groups excluding carboxylic acids is 2. The second-order valence-corrected chi connectivity index (χ2v) is 14.0. The Morgan fingerprint density at radius 1 is 1.00 bits per heavy atom. The molecule has 2 aliphatic heterocycles. The minimum Gasteiger partial charge on any atom is -0.480 e. The minimum atomic E-state index is -4.22. The number of carbonyl (C=O) groups is 3. The van der Waals surface area contributed by atoms with E-state index >= 15 is 0 Å². The Hall–Kier alpha value is -3.61. The summed E-state index contributed by atoms with van der Waals surface area (Å²) in [5.74, 6) is -2.33. The molecule has 3 aromatic rings. The van der Waals surface area contributed by atoms with E-state index in [9.17, 15) is 27.9 Å². The van der Waals surface area contributed by atoms with Crippen LogP contribution in [0.15, 0.2) is 71.6 Å². The molecule has 2 aliphatic rings. The number of aliphatic carboxylic acids is 1. The first-order valence-corrected chi connectivity index (χ1v) is 15.0. The zero-order valence-electron chi connectivity index (χ0n) is 22.4. The predicted octanol–water partition coefficient (Wildman–Crippen LogP) is 2.56. The van der Waals surface area contributed by atoms with E-state index in [4.69, 9.17) is 0 Å². The van der Waals surface area contributed by atoms with Crippen molar-refractivity contribution < 1.29 is 27.9 Å². The standard InChI is InChI=1S/C28H30N4O6S2/c1-28(2)23(27(35)36)32-25(34)22(26(32)39-28)29-24(33)21(16-10-6-5-7-11-16)30-40(37,38)20-15-9-12-17-18(20)13-8-14-19(17)31(3)4/h5-15,21-23,26,30H,1-4H3,(H,29,33)(H,35,36)/t21?,22-,23+,26-/m1/s1. The molecule has 3 N–H and O–H groups in total. The van der Waals surface area contributed by atoms with Crippen LogP contribution < -0.4 is 14.9 Å². The molecule has 2 heterocycles. The highest BCUT2D eigenvalue weighted by Gasteiger charge is 2.64. The number of thioether (sulfide) groups is 1. The smallest absolute Gasteiger partial charge is 0.327 e. The van der Waals surface area contributed by atoms with E-state index in [1.54, 1.807) is 62.4 Å². The van der Waals surface area contributed by atoms with Crippen molar-refractivity contribution in [3.8, 4) is 0 Å². The maximum Gasteiger partial charge on any atom is 0.327 e. The number of carboxylic acids is 1. The summed E-state index contributed by atoms with van der Waals surface area (Å²) in [6, 6.07) is 15.4. The Kier molecular flexibility index (Phi) is 7.05. The van der Waals surface area contributed by atoms with Crippen molar-refractivity contribution in [2.45, 2.75) is 47.0 Å². The number of nitrogens with one attached hydrogen (secondary N) is 2. The third kappa shape index (κ3) is 4.69. The van der Waals surface area contributed by atoms with Gasteiger partial charge in [-0.15, -0.1) is 11.8 Å². The van der Waals surface area contributed by atoms with Crippen molar-refractivity contribution in [2.75, 3.05) is 19.0 Å². The number of anilines is 1. The molecule has 10 nitrogen and oxygen atoms in total. The zero-order chi connectivity index (χ0) is 29.0. The van der Waals surface area contributed by atoms with E-state index in [1.165, 1.54) is 22.7 Å². The Balaban J connectivity index is 1.46. The van der Waals surface area contributed by atoms with E-state index < -0.39 is 56.1 Å². The molecule has 3 aromatic carbocycles. The van der Waals surface area contributed by atoms with Crippen LogP contribution in [0.2, 0.25) is 0 Å². The van der Waals surface area contributed by atoms with Crippen LogP contribution in [-0.4, -0.2) is 72.5 Å². The summed E-state index contributed by atoms with van der Waals surface area (Å²) in [5, 5.41) is 13.0. The quantitative estimate of drug-likeness (QED) is 0.345. The molecule has 0 saturated carbocycles. The van der Waals surface area contributed by atoms with Crippen LogP contribution in [0.3, 0.4) is 0 Å². The number of β-lactam (4-membered cyclic amide) rings is 1. The molecule has 4 atom stereocenters. The highest BCUT2D eigenvalue weighted by atomic mass is 32.2. The minimum absolute atomic E-state index is 0.0192. The number of hydrogen-bond donors (Lipinski definition) is 3. The largest absolute Gasteiger partial charge is 0.480 e. The Morgan fingerprint density at radius 2 is 1.65 bits per heavy atom. The van der Waals surface area contributed by atoms with Crippen molar-refractivity contribution in [3.05, 3.63) is 72.3 Å². The number of nitrogens with zero attached hydrogens (tertiary/aromatic N) is 2. The van der Waals surface area contributed by atoms with Crippen molar-refractivity contribution in [1.82, 2.24) is 14.9 Å². The molecule has 2 fully saturated rings. The normalized spacial score (nSPS) is 22.4. The lowest BCUT2D eigenvalue weighted by atomic mass is 9.95. The molecule has 0 bridgehead atoms. The highest BCUT2D eigenvalue weighted by Crippen LogP contribution is 2.50. The average molecular weight is 583 g/mol. The van der Waals surface area contributed by atoms with Gasteiger partial charge in [-0.3, -0.25) is 9.59 Å². The summed E-state index contributed by atoms with van der Waals surface area (Å²) >= 11 is 1.30. The van der Waals surface area contributed by atoms with Crippen LogP contribution in [0, 0.1) is 0 Å². The molecule has 0 aliphatic carbocycles. The van der Waals surface area contributed by atoms with Gasteiger partial charge in [0.25, 0.3) is 0 Å². The van der Waals surface area contributed by atoms with Gasteiger partial charge in [0.05, 0.1) is 4.90 Å². The molecular weight excluding hydrogens is 552 g/mol. The lowest BCUT2D eigenvalue weighted by Gasteiger charge is -2.44. The maximum absolute atomic E-state index is 13.8. The Labute approximate surface area is 236 Å². The van der Waals surface area contributed by atoms with Gasteiger partial charge in [-0.2, -0.15) is 4.72 Å². The van der Waals surface area contributed by atoms with Crippen LogP contribution in [0.25, 0.3) is 10.8 Å². The second-order valence-electron chi connectivity index (χ2n) is 10.6. The molecule has 2 saturated heterocycles. The summed E-state index contributed by atoms with van der Waals surface area (Å²) in [6.07, 6.45) is 0. The summed E-state index contributed by atoms with van der Waals surface area (Å²) in [4.78, 5) is 41.6. The first-order chi connectivity index (χ1) is 18.8. The topological polar surface area (TPSA) is 136 Å². The van der Waals surface area contributed by atoms with Crippen molar-refractivity contribution in [3.63, 3.8) is 0 Å². The molecular formula is C28H30N4O6S2. The average Bonchev–Trinajstić information content (AvgIpc) is 3.17. The number of carboxylic acid groups (broad SMARTS) is 1. The van der Waals surface area contributed by atoms with Gasteiger partial charge in [-0.1, -0.05) is 54.6 Å². The van der Waals surface area contributed by atoms with Gasteiger partial charge in [0.15, 0.2) is 0 Å². The van der Waals surface area contributed by atoms with Crippen LogP contribution in [0.5, 0.6) is 0 Å². The van der Waals surface area contributed by atoms with Crippen LogP contribution in [0.4, 0.5) is 5.69 Å². The Morgan fingerprint density at radius 3 is 2.30 bits per heavy atom. The molecule has 5 rings (SSSR count). The molecule has 0 aromatic heterocycles. The number of rotatable bonds is 8. The summed E-state index contributed by atoms with van der Waals surface area (Å²) < 4.78 is 29.4. The highest BCUT2D eigenvalue weighted by molar-refractivity contribution is 8.01. The number of fused-ring (bicyclic) bond motifs is 2. The second kappa shape index (κ2) is 10.1. The first kappa shape index (κ1) is 27.9. The Bertz CT molecular complexity index is 1610. The number of benzene rings is 3. The molecule has 0 spiro atoms. The fourth-order valence-corrected chi connectivity index (χ4v) is 8.44. The fraction of sp³-hybridized carbons (Fsp3) is 0.321. The van der Waals surface area contributed by atoms with Crippen LogP contribution in [0.1, 0.15) is 25.5 Å². The fourth-order valence-electron chi connectivity index (χ4n) is 5.41. The van der Waals surface area contributed by atoms with E-state index in [-0.39, 0.29) is 4.90 Å². The van der Waals surface area contributed by atoms with Gasteiger partial charge in [-0.05, 0) is 31.5 Å². The first-order valence-electron chi connectivity index (χ1n) is 12.6. The van der Waals surface area contributed by atoms with Gasteiger partial charge in [0.1, 0.15) is 23.5 Å². The molecule has 2 amide bonds. The van der Waals surface area contributed by atoms with Gasteiger partial charge in [0.2, 0.25) is 21.8 Å². The van der Waals surface area contributed by atoms with Crippen molar-refractivity contribution in [1.29, 1.82) is 0 Å². The van der Waals surface area contributed by atoms with E-state index in [0.29, 0.717) is 10.9 Å². The van der Waals surface area contributed by atoms with E-state index in [1.807, 2.05) is 31.1 Å². The molecule has 12 heteroatoms. The zero-order valence-corrected chi connectivity index (χ0v) is 24.0. The lowest BCUT2D eigenvalue weighted by Crippen LogP contribution is -2.71. The van der Waals surface area contributed by atoms with Gasteiger partial charge in [-0.25, -0.2) is 13.2 Å². The summed E-state index contributed by atoms with van der Waals surface area (Å²) in [6.45, 7) is 3.49. The van der Waals surface area contributed by atoms with Crippen molar-refractivity contribution in [2.24, 2.45) is 0 Å². The van der Waals surface area contributed by atoms with Gasteiger partial charge >= 0.3 is 5.97 Å². The lowest BCUT2D eigenvalue weighted by molar-refractivity contribution is -0.161. The van der Waals surface area contributed by atoms with Gasteiger partial charge < -0.3 is 20.2 Å². The monoisotopic (exact) mass is 582 g/mol. The maximum atomic E-state index is 13.8.